The molecule has 254 valence electrons. The lowest BCUT2D eigenvalue weighted by Gasteiger charge is -2.55. The highest BCUT2D eigenvalue weighted by atomic mass is 16.5. The van der Waals surface area contributed by atoms with E-state index in [1.165, 1.54) is 25.7 Å². The van der Waals surface area contributed by atoms with E-state index in [4.69, 9.17) is 34.2 Å². The molecule has 3 saturated heterocycles. The Balaban J connectivity index is 1.21. The van der Waals surface area contributed by atoms with Crippen molar-refractivity contribution < 1.29 is 33.5 Å². The fourth-order valence-corrected chi connectivity index (χ4v) is 9.90. The number of aliphatic hydroxyl groups is 1. The van der Waals surface area contributed by atoms with Crippen LogP contribution in [-0.2, 0) is 28.4 Å². The summed E-state index contributed by atoms with van der Waals surface area (Å²) >= 11 is 0. The van der Waals surface area contributed by atoms with E-state index in [1.807, 2.05) is 7.11 Å². The monoisotopic (exact) mass is 622 g/mol. The Morgan fingerprint density at radius 1 is 0.818 bits per heavy atom. The van der Waals surface area contributed by atoms with Crippen LogP contribution in [0.3, 0.4) is 0 Å². The van der Waals surface area contributed by atoms with Gasteiger partial charge in [0.05, 0.1) is 61.6 Å². The first-order chi connectivity index (χ1) is 21.5. The second kappa shape index (κ2) is 16.2. The minimum absolute atomic E-state index is 0.00330. The average Bonchev–Trinajstić information content (AvgIpc) is 3.55. The highest BCUT2D eigenvalue weighted by molar-refractivity contribution is 5.03. The van der Waals surface area contributed by atoms with Crippen molar-refractivity contribution >= 4 is 0 Å². The van der Waals surface area contributed by atoms with Crippen LogP contribution < -0.4 is 11.1 Å². The van der Waals surface area contributed by atoms with Crippen molar-refractivity contribution in [3.8, 4) is 0 Å². The van der Waals surface area contributed by atoms with Gasteiger partial charge in [-0.2, -0.15) is 0 Å². The van der Waals surface area contributed by atoms with Gasteiger partial charge in [-0.3, -0.25) is 0 Å². The fourth-order valence-electron chi connectivity index (χ4n) is 9.90. The number of hydrogen-bond donors (Lipinski definition) is 3. The van der Waals surface area contributed by atoms with Crippen LogP contribution in [0, 0.1) is 29.6 Å². The van der Waals surface area contributed by atoms with E-state index < -0.39 is 6.10 Å². The van der Waals surface area contributed by atoms with Gasteiger partial charge < -0.3 is 44.6 Å². The summed E-state index contributed by atoms with van der Waals surface area (Å²) in [5.41, 5.74) is 6.23. The molecule has 3 aliphatic heterocycles. The van der Waals surface area contributed by atoms with Crippen LogP contribution >= 0.6 is 0 Å². The van der Waals surface area contributed by atoms with E-state index >= 15 is 0 Å². The molecule has 6 rings (SSSR count). The Labute approximate surface area is 265 Å². The zero-order valence-electron chi connectivity index (χ0n) is 27.5. The molecule has 0 aromatic rings. The van der Waals surface area contributed by atoms with Crippen LogP contribution in [-0.4, -0.2) is 101 Å². The number of ether oxygens (including phenoxy) is 6. The van der Waals surface area contributed by atoms with Crippen molar-refractivity contribution in [3.05, 3.63) is 0 Å². The molecule has 3 heterocycles. The molecule has 0 spiro atoms. The Morgan fingerprint density at radius 2 is 1.61 bits per heavy atom. The number of nitrogens with two attached hydrogens (primary N) is 1. The normalized spacial score (nSPS) is 45.1. The number of rotatable bonds is 12. The van der Waals surface area contributed by atoms with Crippen LogP contribution in [0.15, 0.2) is 0 Å². The van der Waals surface area contributed by atoms with E-state index in [9.17, 15) is 5.11 Å². The van der Waals surface area contributed by atoms with Gasteiger partial charge in [-0.1, -0.05) is 12.8 Å². The maximum Gasteiger partial charge on any atom is 0.0686 e. The number of aliphatic hydroxyl groups excluding tert-OH is 1. The summed E-state index contributed by atoms with van der Waals surface area (Å²) in [5, 5.41) is 15.6. The minimum Gasteiger partial charge on any atom is -0.392 e. The van der Waals surface area contributed by atoms with Gasteiger partial charge in [-0.25, -0.2) is 0 Å². The first-order valence-electron chi connectivity index (χ1n) is 18.3. The van der Waals surface area contributed by atoms with Crippen LogP contribution in [0.4, 0.5) is 0 Å². The van der Waals surface area contributed by atoms with Crippen molar-refractivity contribution in [2.24, 2.45) is 35.3 Å². The predicted octanol–water partition coefficient (Wildman–Crippen LogP) is 4.18. The lowest BCUT2D eigenvalue weighted by atomic mass is 9.64. The van der Waals surface area contributed by atoms with Crippen LogP contribution in [0.2, 0.25) is 0 Å². The maximum absolute atomic E-state index is 12.2. The Bertz CT molecular complexity index is 861. The summed E-state index contributed by atoms with van der Waals surface area (Å²) in [4.78, 5) is 0. The van der Waals surface area contributed by atoms with Crippen molar-refractivity contribution in [1.82, 2.24) is 5.32 Å². The first-order valence-corrected chi connectivity index (χ1v) is 18.3. The maximum atomic E-state index is 12.2. The lowest BCUT2D eigenvalue weighted by Crippen LogP contribution is -2.62. The third-order valence-electron chi connectivity index (χ3n) is 12.3. The van der Waals surface area contributed by atoms with Gasteiger partial charge in [0.2, 0.25) is 0 Å². The third-order valence-corrected chi connectivity index (χ3v) is 12.3. The van der Waals surface area contributed by atoms with Crippen LogP contribution in [0.25, 0.3) is 0 Å². The standard InChI is InChI=1S/C35H62N2O7/c1-39-16-5-8-31-33(28-21-42-29-11-10-25(20-26(29)34(28)38)43-23-6-3-4-7-23)35(27-19-24(40-2)9-12-30(27)44-31)41-17-14-22-13-15-37-32(36)18-22/h22-35,37-38H,3-21,36H2,1-2H3/t22?,24?,25?,26?,27?,28-,29?,30?,31+,32?,33+,34+,35-/m0/s1. The molecule has 6 aliphatic rings. The fraction of sp³-hybridized carbons (Fsp3) is 1.00. The van der Waals surface area contributed by atoms with Gasteiger partial charge >= 0.3 is 0 Å². The summed E-state index contributed by atoms with van der Waals surface area (Å²) in [6, 6.07) is 0. The molecule has 13 atom stereocenters. The van der Waals surface area contributed by atoms with Gasteiger partial charge in [0.25, 0.3) is 0 Å². The number of fused-ring (bicyclic) bond motifs is 2. The molecule has 3 aliphatic carbocycles. The zero-order chi connectivity index (χ0) is 30.5. The van der Waals surface area contributed by atoms with Crippen molar-refractivity contribution in [3.63, 3.8) is 0 Å². The van der Waals surface area contributed by atoms with E-state index in [1.54, 1.807) is 7.11 Å². The van der Waals surface area contributed by atoms with Crippen LogP contribution in [0.5, 0.6) is 0 Å². The van der Waals surface area contributed by atoms with Gasteiger partial charge in [-0.15, -0.1) is 0 Å². The summed E-state index contributed by atoms with van der Waals surface area (Å²) < 4.78 is 38.7. The molecule has 8 unspecified atom stereocenters. The predicted molar refractivity (Wildman–Crippen MR) is 168 cm³/mol. The van der Waals surface area contributed by atoms with Gasteiger partial charge in [-0.05, 0) is 95.9 Å². The summed E-state index contributed by atoms with van der Waals surface area (Å²) in [6.07, 6.45) is 16.6. The van der Waals surface area contributed by atoms with E-state index in [2.05, 4.69) is 5.32 Å². The highest BCUT2D eigenvalue weighted by Crippen LogP contribution is 2.49. The number of nitrogens with one attached hydrogen (secondary N) is 1. The first kappa shape index (κ1) is 33.5. The topological polar surface area (TPSA) is 114 Å². The Morgan fingerprint density at radius 3 is 2.41 bits per heavy atom. The van der Waals surface area contributed by atoms with Crippen LogP contribution in [0.1, 0.15) is 96.3 Å². The number of methoxy groups -OCH3 is 2. The average molecular weight is 623 g/mol. The molecule has 0 amide bonds. The molecule has 0 aromatic carbocycles. The molecular weight excluding hydrogens is 560 g/mol. The molecule has 0 aromatic heterocycles. The Hall–Kier alpha value is -0.360. The van der Waals surface area contributed by atoms with Crippen molar-refractivity contribution in [2.75, 3.05) is 40.6 Å². The number of piperidine rings is 1. The third kappa shape index (κ3) is 8.01. The van der Waals surface area contributed by atoms with E-state index in [0.717, 1.165) is 83.8 Å². The molecule has 0 radical (unpaired) electrons. The van der Waals surface area contributed by atoms with E-state index in [0.29, 0.717) is 25.2 Å². The SMILES string of the molecule is COCCC[C@H]1OC2CCC(OC)CC2[C@H](OCCC2CCNC(N)C2)[C@@H]1[C@@H]1COC2CCC(OC3CCCC3)CC2[C@H]1O. The molecule has 3 saturated carbocycles. The van der Waals surface area contributed by atoms with E-state index in [-0.39, 0.29) is 66.5 Å². The molecule has 6 fully saturated rings. The second-order valence-corrected chi connectivity index (χ2v) is 15.0. The lowest BCUT2D eigenvalue weighted by molar-refractivity contribution is -0.254. The highest BCUT2D eigenvalue weighted by Gasteiger charge is 2.55. The Kier molecular flexibility index (Phi) is 12.3. The second-order valence-electron chi connectivity index (χ2n) is 15.0. The summed E-state index contributed by atoms with van der Waals surface area (Å²) in [6.45, 7) is 2.98. The zero-order valence-corrected chi connectivity index (χ0v) is 27.5. The largest absolute Gasteiger partial charge is 0.392 e. The molecular formula is C35H62N2O7. The van der Waals surface area contributed by atoms with Gasteiger partial charge in [0.1, 0.15) is 0 Å². The quantitative estimate of drug-likeness (QED) is 0.276. The molecule has 44 heavy (non-hydrogen) atoms. The molecule has 9 nitrogen and oxygen atoms in total. The smallest absolute Gasteiger partial charge is 0.0686 e. The molecule has 4 N–H and O–H groups in total. The van der Waals surface area contributed by atoms with Crippen molar-refractivity contribution in [1.29, 1.82) is 0 Å². The molecule has 9 heteroatoms. The number of hydrogen-bond acceptors (Lipinski definition) is 9. The van der Waals surface area contributed by atoms with Gasteiger partial charge in [0.15, 0.2) is 0 Å². The summed E-state index contributed by atoms with van der Waals surface area (Å²) in [5.74, 6) is 0.962. The molecule has 0 bridgehead atoms. The van der Waals surface area contributed by atoms with Gasteiger partial charge in [0, 0.05) is 51.1 Å². The van der Waals surface area contributed by atoms with Crippen molar-refractivity contribution in [2.45, 2.75) is 151 Å². The summed E-state index contributed by atoms with van der Waals surface area (Å²) in [7, 11) is 3.60. The minimum atomic E-state index is -0.450.